The first kappa shape index (κ1) is 18.6. The van der Waals surface area contributed by atoms with Crippen molar-refractivity contribution in [2.75, 3.05) is 6.61 Å². The van der Waals surface area contributed by atoms with E-state index in [-0.39, 0.29) is 23.5 Å². The first-order valence-electron chi connectivity index (χ1n) is 8.45. The SMILES string of the molecule is C[Si](C)OC(CC[C@@H]1[C@@H](c2cccnc2)OC[C@@H]1O)C(C)(C)C. The van der Waals surface area contributed by atoms with Crippen LogP contribution < -0.4 is 0 Å². The van der Waals surface area contributed by atoms with Crippen LogP contribution in [0.25, 0.3) is 0 Å². The van der Waals surface area contributed by atoms with Crippen molar-refractivity contribution in [2.24, 2.45) is 11.3 Å². The van der Waals surface area contributed by atoms with E-state index in [1.54, 1.807) is 6.20 Å². The Morgan fingerprint density at radius 2 is 2.17 bits per heavy atom. The number of rotatable bonds is 6. The average molecular weight is 337 g/mol. The maximum atomic E-state index is 10.3. The molecule has 0 aromatic carbocycles. The topological polar surface area (TPSA) is 51.6 Å². The zero-order valence-electron chi connectivity index (χ0n) is 15.0. The molecule has 129 valence electrons. The van der Waals surface area contributed by atoms with E-state index in [1.165, 1.54) is 0 Å². The summed E-state index contributed by atoms with van der Waals surface area (Å²) < 4.78 is 12.1. The summed E-state index contributed by atoms with van der Waals surface area (Å²) in [4.78, 5) is 4.18. The Labute approximate surface area is 142 Å². The monoisotopic (exact) mass is 336 g/mol. The summed E-state index contributed by atoms with van der Waals surface area (Å²) in [5.41, 5.74) is 1.16. The lowest BCUT2D eigenvalue weighted by atomic mass is 9.82. The molecule has 1 N–H and O–H groups in total. The van der Waals surface area contributed by atoms with Crippen LogP contribution in [0.5, 0.6) is 0 Å². The van der Waals surface area contributed by atoms with E-state index in [0.29, 0.717) is 6.61 Å². The maximum absolute atomic E-state index is 10.3. The van der Waals surface area contributed by atoms with Gasteiger partial charge in [0.25, 0.3) is 0 Å². The molecule has 1 aliphatic heterocycles. The van der Waals surface area contributed by atoms with Gasteiger partial charge in [-0.15, -0.1) is 0 Å². The third kappa shape index (κ3) is 5.11. The van der Waals surface area contributed by atoms with Gasteiger partial charge in [0.05, 0.1) is 18.8 Å². The maximum Gasteiger partial charge on any atom is 0.205 e. The average Bonchev–Trinajstić information content (AvgIpc) is 2.84. The summed E-state index contributed by atoms with van der Waals surface area (Å²) >= 11 is 0. The fourth-order valence-electron chi connectivity index (χ4n) is 3.18. The molecule has 4 nitrogen and oxygen atoms in total. The van der Waals surface area contributed by atoms with Gasteiger partial charge in [-0.25, -0.2) is 0 Å². The van der Waals surface area contributed by atoms with Gasteiger partial charge in [-0.2, -0.15) is 0 Å². The number of hydrogen-bond acceptors (Lipinski definition) is 4. The molecule has 0 amide bonds. The molecule has 1 radical (unpaired) electrons. The number of hydrogen-bond donors (Lipinski definition) is 1. The largest absolute Gasteiger partial charge is 0.414 e. The number of aliphatic hydroxyl groups excluding tert-OH is 1. The Kier molecular flexibility index (Phi) is 6.37. The molecule has 1 aromatic heterocycles. The molecule has 1 saturated heterocycles. The quantitative estimate of drug-likeness (QED) is 0.807. The molecule has 0 aliphatic carbocycles. The molecular weight excluding hydrogens is 306 g/mol. The van der Waals surface area contributed by atoms with Crippen molar-refractivity contribution in [1.82, 2.24) is 4.98 Å². The van der Waals surface area contributed by atoms with E-state index in [1.807, 2.05) is 18.3 Å². The van der Waals surface area contributed by atoms with Gasteiger partial charge in [0, 0.05) is 24.4 Å². The van der Waals surface area contributed by atoms with Gasteiger partial charge in [0.2, 0.25) is 9.04 Å². The van der Waals surface area contributed by atoms with Crippen molar-refractivity contribution in [3.8, 4) is 0 Å². The van der Waals surface area contributed by atoms with Crippen molar-refractivity contribution in [3.63, 3.8) is 0 Å². The minimum Gasteiger partial charge on any atom is -0.414 e. The molecule has 0 bridgehead atoms. The van der Waals surface area contributed by atoms with Gasteiger partial charge in [0.15, 0.2) is 0 Å². The number of ether oxygens (including phenoxy) is 1. The predicted octanol–water partition coefficient (Wildman–Crippen LogP) is 3.59. The van der Waals surface area contributed by atoms with Crippen LogP contribution in [0.15, 0.2) is 24.5 Å². The Morgan fingerprint density at radius 3 is 2.74 bits per heavy atom. The van der Waals surface area contributed by atoms with Crippen molar-refractivity contribution >= 4 is 9.04 Å². The van der Waals surface area contributed by atoms with E-state index in [4.69, 9.17) is 9.16 Å². The summed E-state index contributed by atoms with van der Waals surface area (Å²) in [6, 6.07) is 3.95. The minimum absolute atomic E-state index is 0.0626. The van der Waals surface area contributed by atoms with Gasteiger partial charge in [-0.05, 0) is 43.0 Å². The van der Waals surface area contributed by atoms with E-state index in [2.05, 4.69) is 38.8 Å². The molecule has 1 aliphatic rings. The number of aliphatic hydroxyl groups is 1. The summed E-state index contributed by atoms with van der Waals surface area (Å²) in [6.45, 7) is 11.4. The summed E-state index contributed by atoms with van der Waals surface area (Å²) in [5, 5.41) is 10.3. The van der Waals surface area contributed by atoms with Crippen LogP contribution in [-0.2, 0) is 9.16 Å². The molecule has 4 atom stereocenters. The zero-order valence-corrected chi connectivity index (χ0v) is 16.0. The molecule has 23 heavy (non-hydrogen) atoms. The molecule has 1 aromatic rings. The van der Waals surface area contributed by atoms with Crippen LogP contribution in [0.4, 0.5) is 0 Å². The molecule has 0 saturated carbocycles. The molecule has 1 unspecified atom stereocenters. The Morgan fingerprint density at radius 1 is 1.43 bits per heavy atom. The second-order valence-electron chi connectivity index (χ2n) is 7.73. The Hall–Kier alpha value is -0.753. The normalized spacial score (nSPS) is 26.7. The van der Waals surface area contributed by atoms with Crippen LogP contribution in [-0.4, -0.2) is 37.9 Å². The predicted molar refractivity (Wildman–Crippen MR) is 93.5 cm³/mol. The molecular formula is C18H30NO3Si. The summed E-state index contributed by atoms with van der Waals surface area (Å²) in [6.07, 6.45) is 5.19. The summed E-state index contributed by atoms with van der Waals surface area (Å²) in [7, 11) is -0.743. The molecule has 2 rings (SSSR count). The standard InChI is InChI=1S/C18H30NO3Si/c1-18(2,3)16(22-23(4)5)9-8-14-15(20)12-21-17(14)13-7-6-10-19-11-13/h6-7,10-11,14-17,20H,8-9,12H2,1-5H3/t14-,15-,16?,17+/m0/s1. The lowest BCUT2D eigenvalue weighted by Gasteiger charge is -2.34. The van der Waals surface area contributed by atoms with Crippen LogP contribution >= 0.6 is 0 Å². The highest BCUT2D eigenvalue weighted by Crippen LogP contribution is 2.39. The second kappa shape index (κ2) is 7.88. The third-order valence-corrected chi connectivity index (χ3v) is 5.20. The fraction of sp³-hybridized carbons (Fsp3) is 0.722. The number of aromatic nitrogens is 1. The smallest absolute Gasteiger partial charge is 0.205 e. The molecule has 5 heteroatoms. The number of pyridine rings is 1. The van der Waals surface area contributed by atoms with Crippen LogP contribution in [0, 0.1) is 11.3 Å². The zero-order chi connectivity index (χ0) is 17.0. The van der Waals surface area contributed by atoms with E-state index < -0.39 is 15.1 Å². The Bertz CT molecular complexity index is 475. The third-order valence-electron chi connectivity index (χ3n) is 4.45. The van der Waals surface area contributed by atoms with Crippen molar-refractivity contribution < 1.29 is 14.3 Å². The lowest BCUT2D eigenvalue weighted by Crippen LogP contribution is -2.34. The lowest BCUT2D eigenvalue weighted by molar-refractivity contribution is 0.0538. The van der Waals surface area contributed by atoms with Gasteiger partial charge >= 0.3 is 0 Å². The van der Waals surface area contributed by atoms with Gasteiger partial charge in [-0.3, -0.25) is 4.98 Å². The van der Waals surface area contributed by atoms with Gasteiger partial charge in [0.1, 0.15) is 0 Å². The Balaban J connectivity index is 2.04. The minimum atomic E-state index is -0.743. The highest BCUT2D eigenvalue weighted by atomic mass is 28.3. The number of nitrogens with zero attached hydrogens (tertiary/aromatic N) is 1. The van der Waals surface area contributed by atoms with E-state index >= 15 is 0 Å². The highest BCUT2D eigenvalue weighted by molar-refractivity contribution is 6.48. The second-order valence-corrected chi connectivity index (χ2v) is 9.78. The first-order chi connectivity index (χ1) is 10.8. The molecule has 0 spiro atoms. The first-order valence-corrected chi connectivity index (χ1v) is 10.9. The van der Waals surface area contributed by atoms with Crippen LogP contribution in [0.2, 0.25) is 13.1 Å². The highest BCUT2D eigenvalue weighted by Gasteiger charge is 2.38. The molecule has 1 fully saturated rings. The van der Waals surface area contributed by atoms with Crippen LogP contribution in [0.3, 0.4) is 0 Å². The fourth-order valence-corrected chi connectivity index (χ4v) is 4.22. The van der Waals surface area contributed by atoms with E-state index in [9.17, 15) is 5.11 Å². The summed E-state index contributed by atoms with van der Waals surface area (Å²) in [5.74, 6) is 0.108. The van der Waals surface area contributed by atoms with E-state index in [0.717, 1.165) is 18.4 Å². The van der Waals surface area contributed by atoms with Gasteiger partial charge < -0.3 is 14.3 Å². The van der Waals surface area contributed by atoms with Crippen molar-refractivity contribution in [3.05, 3.63) is 30.1 Å². The van der Waals surface area contributed by atoms with Crippen LogP contribution in [0.1, 0.15) is 45.3 Å². The molecule has 2 heterocycles. The van der Waals surface area contributed by atoms with Crippen molar-refractivity contribution in [1.29, 1.82) is 0 Å². The van der Waals surface area contributed by atoms with Crippen molar-refractivity contribution in [2.45, 2.75) is 65.0 Å². The van der Waals surface area contributed by atoms with Gasteiger partial charge in [-0.1, -0.05) is 26.8 Å².